The van der Waals surface area contributed by atoms with Crippen LogP contribution in [0.15, 0.2) is 48.5 Å². The van der Waals surface area contributed by atoms with E-state index < -0.39 is 77.2 Å². The Morgan fingerprint density at radius 1 is 0.313 bits per heavy atom. The van der Waals surface area contributed by atoms with Gasteiger partial charge in [0.15, 0.2) is 25.2 Å². The number of hydrogen-bond donors (Lipinski definition) is 2. The molecule has 2 N–H and O–H groups in total. The second kappa shape index (κ2) is 111. The number of aliphatic hydroxyl groups is 2. The number of rotatable bonds is 8. The predicted octanol–water partition coefficient (Wildman–Crippen LogP) is 6.58. The summed E-state index contributed by atoms with van der Waals surface area (Å²) in [6.45, 7) is 30.3. The van der Waals surface area contributed by atoms with Crippen LogP contribution in [0.4, 0.5) is 0 Å². The molecular formula is C51H81BClNO18S76SiU. The van der Waals surface area contributed by atoms with Crippen LogP contribution in [-0.4, -0.2) is 145 Å². The van der Waals surface area contributed by atoms with Gasteiger partial charge >= 0.3 is 20.8 Å². The molecule has 0 aromatic heterocycles. The Kier molecular flexibility index (Phi) is 121. The number of benzene rings is 2. The minimum atomic E-state index is -4.52. The van der Waals surface area contributed by atoms with E-state index in [1.165, 1.54) is 84.5 Å². The van der Waals surface area contributed by atoms with Crippen LogP contribution in [0.3, 0.4) is 0 Å². The monoisotopic (exact) mass is 3740 g/mol. The summed E-state index contributed by atoms with van der Waals surface area (Å²) in [7, 11) is 112. The molecule has 10 rings (SSSR count). The van der Waals surface area contributed by atoms with Crippen LogP contribution in [0.1, 0.15) is 73.4 Å². The average molecular weight is 3750 g/mol. The van der Waals surface area contributed by atoms with Crippen molar-refractivity contribution in [1.82, 2.24) is 0 Å². The smallest absolute Gasteiger partial charge is 0.390 e. The third kappa shape index (κ3) is 88.3. The van der Waals surface area contributed by atoms with Gasteiger partial charge in [0.1, 0.15) is 49.4 Å². The summed E-state index contributed by atoms with van der Waals surface area (Å²) < 4.78 is 119. The maximum atomic E-state index is 12.5. The van der Waals surface area contributed by atoms with Crippen LogP contribution in [-0.2, 0) is 738 Å². The summed E-state index contributed by atoms with van der Waals surface area (Å²) in [4.78, 5) is 0. The maximum Gasteiger partial charge on any atom is 0.449 e. The van der Waals surface area contributed by atoms with Crippen molar-refractivity contribution in [2.24, 2.45) is 47.3 Å². The number of fused-ring (bicyclic) bond motifs is 8. The minimum absolute atomic E-state index is 0. The van der Waals surface area contributed by atoms with Crippen molar-refractivity contribution in [3.8, 4) is 17.6 Å². The molecular weight excluding hydrogens is 3660 g/mol. The number of halogens is 1. The first-order valence-corrected chi connectivity index (χ1v) is 139. The predicted molar refractivity (Wildman–Crippen MR) is 828 cm³/mol. The Bertz CT molecular complexity index is 7820. The van der Waals surface area contributed by atoms with Crippen LogP contribution < -0.4 is 8.37 Å². The second-order valence-electron chi connectivity index (χ2n) is 26.0. The summed E-state index contributed by atoms with van der Waals surface area (Å²) in [5.74, 6) is 3.14. The van der Waals surface area contributed by atoms with E-state index in [4.69, 9.17) is 139 Å². The summed E-state index contributed by atoms with van der Waals surface area (Å²) in [6, 6.07) is 14.5. The SMILES string of the molecule is CC#N.CC1[C@@H]2OCC(O2)[C@@H](C)[C@@H]1C.CC1[C@@H]2OCC(O2)[C@@H](C)[C@@H]1C.C[C@@H]1C(O)[C@@H]2OCC(O2)[C@H]1O.C[Si](C)(C)Cl.Cc1ccc(OS(=O)(=O)OC2[C@@H]3OCC(O3)[C@@H](OS(=O)(=O)Oc3ccc(C)cc3)[C@@H]2C)cc1.S=S=S=S=S=S=S=S=S=S=S=S=S=S=S=S=S=S=S=S=S=S=S=S.S=S=S=S=S=S=S=S=S=S=S=S=S=S=S=S=S=S=S=S=S=S=S=S=S.S=S=S=S=S=S=S=S=S=S=S=S=S=S=S=S=S=S=S=S=S=S=S=S=S.[2H][B].[U]. The zero-order chi connectivity index (χ0) is 111. The first-order valence-electron chi connectivity index (χ1n) is 37.8. The van der Waals surface area contributed by atoms with E-state index in [0.717, 1.165) is 36.2 Å². The van der Waals surface area contributed by atoms with Gasteiger partial charge in [0.2, 0.25) is 0 Å². The molecule has 20 atom stereocenters. The third-order valence-electron chi connectivity index (χ3n) is 16.4. The maximum absolute atomic E-state index is 12.5. The van der Waals surface area contributed by atoms with Gasteiger partial charge in [0.25, 0.3) is 0 Å². The molecule has 8 heterocycles. The zero-order valence-corrected chi connectivity index (χ0v) is 144. The number of hydrogen-bond acceptors (Lipinski definition) is 25. The normalized spacial score (nSPS) is 22.6. The van der Waals surface area contributed by atoms with Crippen molar-refractivity contribution in [3.05, 3.63) is 59.7 Å². The van der Waals surface area contributed by atoms with E-state index >= 15 is 0 Å². The Labute approximate surface area is 1130 Å². The molecule has 0 spiro atoms. The fourth-order valence-corrected chi connectivity index (χ4v) is 182. The molecule has 8 bridgehead atoms. The molecule has 8 saturated heterocycles. The van der Waals surface area contributed by atoms with Gasteiger partial charge in [-0.25, -0.2) is 8.37 Å². The van der Waals surface area contributed by atoms with Gasteiger partial charge < -0.3 is 56.5 Å². The molecule has 8 fully saturated rings. The second-order valence-corrected chi connectivity index (χ2v) is 156. The molecule has 0 amide bonds. The summed E-state index contributed by atoms with van der Waals surface area (Å²) in [6.07, 6.45) is -5.22. The molecule has 2 radical (unpaired) electrons. The first kappa shape index (κ1) is 163. The number of ether oxygens (including phenoxy) is 8. The van der Waals surface area contributed by atoms with Crippen molar-refractivity contribution in [1.29, 1.82) is 6.60 Å². The van der Waals surface area contributed by atoms with E-state index in [1.54, 1.807) is 435 Å². The number of nitrogens with zero attached hydrogens (tertiary/aromatic N) is 1. The number of aryl methyl sites for hydroxylation is 2. The minimum Gasteiger partial charge on any atom is -0.390 e. The summed E-state index contributed by atoms with van der Waals surface area (Å²) >= 11 is 34.3. The molecule has 150 heavy (non-hydrogen) atoms. The molecule has 8 unspecified atom stereocenters. The van der Waals surface area contributed by atoms with Gasteiger partial charge in [0.05, 0.1) is 50.8 Å². The molecule has 8 aliphatic rings. The Balaban J connectivity index is 0.00000176. The van der Waals surface area contributed by atoms with Crippen molar-refractivity contribution >= 4 is 719 Å². The van der Waals surface area contributed by atoms with Crippen LogP contribution in [0.25, 0.3) is 0 Å². The van der Waals surface area contributed by atoms with Gasteiger partial charge in [-0.1, -0.05) is 110 Å². The number of nitriles is 1. The standard InChI is InChI=1S/C21H24O10S2.2C9H16O2.C7H12O4.C3H9ClSi.C2H3N.BH.2S25.S24.U/c1-13-4-8-16(9-5-13)28-32(22,23)30-19-15(3)20(21-26-12-18(19)27-21)31-33(24,25)29-17-10-6-14(2)7-11-17;2*1-5-6(2)8-4-10-9(11-8)7(5)3;1-3-5(8)4-2-10-7(11-4)6(3)9;1-5(2,3)4;1-2-3;;2*1-3-5-7-9-11-13-15-17-19-21-23-25-24-22-20-18-16-14-12-10-8-6-4-2;1-3-5-7-9-11-13-15-17-19-21-23-24-22-20-18-16-14-12-10-8-6-4-2;/h4-11,15,18-21H,12H2,1-3H3;2*5-9H,4H2,1-3H3;3-9H,2H2,1H3;1-3H3;1H3;1H;;;;/t15-,18?,19-,20?,21+;2*5-,6-,7?,8?,9+;3-,4?,5-,6?,7+;;;;;;;/m0000......./s1/i;;;;;;1D;;;;. The van der Waals surface area contributed by atoms with Gasteiger partial charge in [-0.15, -0.1) is 0 Å². The number of aliphatic hydroxyl groups excluding tert-OH is 2. The van der Waals surface area contributed by atoms with Gasteiger partial charge in [0, 0.05) is 741 Å². The van der Waals surface area contributed by atoms with Crippen LogP contribution in [0.5, 0.6) is 11.5 Å². The van der Waals surface area contributed by atoms with Gasteiger partial charge in [-0.3, -0.25) is 0 Å². The quantitative estimate of drug-likeness (QED) is 0.210. The fourth-order valence-electron chi connectivity index (χ4n) is 9.98. The van der Waals surface area contributed by atoms with Crippen LogP contribution in [0.2, 0.25) is 19.6 Å². The zero-order valence-electron chi connectivity index (χ0n) is 77.4. The first-order chi connectivity index (χ1) is 72.3. The Morgan fingerprint density at radius 2 is 0.500 bits per heavy atom. The molecule has 0 saturated carbocycles. The van der Waals surface area contributed by atoms with Crippen molar-refractivity contribution in [2.75, 3.05) is 26.4 Å². The topological polar surface area (TPSA) is 243 Å². The van der Waals surface area contributed by atoms with Crippen molar-refractivity contribution < 1.29 is 113 Å². The molecule has 99 heteroatoms. The van der Waals surface area contributed by atoms with Crippen molar-refractivity contribution in [3.63, 3.8) is 0 Å². The van der Waals surface area contributed by atoms with Crippen LogP contribution in [0, 0.1) is 104 Å². The summed E-state index contributed by atoms with van der Waals surface area (Å²) in [5.41, 5.74) is 1.85. The van der Waals surface area contributed by atoms with E-state index in [2.05, 4.69) is 69.6 Å². The van der Waals surface area contributed by atoms with E-state index in [1.807, 2.05) is 174 Å². The van der Waals surface area contributed by atoms with Gasteiger partial charge in [-0.2, -0.15) is 33.2 Å². The van der Waals surface area contributed by atoms with Crippen molar-refractivity contribution in [2.45, 2.75) is 170 Å². The van der Waals surface area contributed by atoms with E-state index in [-0.39, 0.29) is 73.8 Å². The largest absolute Gasteiger partial charge is 0.449 e. The fraction of sp³-hybridized carbons (Fsp3) is 0.745. The molecule has 8 aliphatic heterocycles. The Hall–Kier alpha value is 14.9. The molecule has 0 aliphatic carbocycles. The van der Waals surface area contributed by atoms with E-state index in [0.29, 0.717) is 42.5 Å². The van der Waals surface area contributed by atoms with E-state index in [9.17, 15) is 27.0 Å². The average Bonchev–Trinajstić information content (AvgIpc) is 1.63. The summed E-state index contributed by atoms with van der Waals surface area (Å²) in [5, 5.41) is 26.2. The molecule has 872 valence electrons. The Morgan fingerprint density at radius 3 is 0.733 bits per heavy atom. The van der Waals surface area contributed by atoms with Crippen LogP contribution >= 0.6 is 11.1 Å². The molecule has 19 nitrogen and oxygen atoms in total. The van der Waals surface area contributed by atoms with Gasteiger partial charge in [-0.05, 0) is 63.1 Å². The molecule has 2 aromatic carbocycles. The third-order valence-corrected chi connectivity index (χ3v) is 163. The molecule has 2 aromatic rings.